The van der Waals surface area contributed by atoms with E-state index in [4.69, 9.17) is 4.74 Å². The van der Waals surface area contributed by atoms with Gasteiger partial charge in [-0.3, -0.25) is 9.48 Å². The van der Waals surface area contributed by atoms with Gasteiger partial charge in [0.2, 0.25) is 0 Å². The number of halogens is 1. The van der Waals surface area contributed by atoms with E-state index in [1.807, 2.05) is 13.8 Å². The molecule has 1 fully saturated rings. The summed E-state index contributed by atoms with van der Waals surface area (Å²) in [6, 6.07) is 6.66. The zero-order chi connectivity index (χ0) is 17.5. The maximum Gasteiger partial charge on any atom is 0.274 e. The standard InChI is InChI=1S/C18H22FN3O2/c1-12-9-13(5-6-14(12)19)16-10-15(20-21(16)4)17(23)22-7-8-24-11-18(22,2)3/h5-6,9-10H,7-8,11H2,1-4H3. The van der Waals surface area contributed by atoms with Gasteiger partial charge in [0.1, 0.15) is 5.82 Å². The van der Waals surface area contributed by atoms with Crippen LogP contribution in [0.3, 0.4) is 0 Å². The highest BCUT2D eigenvalue weighted by atomic mass is 19.1. The first-order valence-electron chi connectivity index (χ1n) is 8.00. The molecule has 0 saturated carbocycles. The molecule has 128 valence electrons. The van der Waals surface area contributed by atoms with Crippen LogP contribution in [0.2, 0.25) is 0 Å². The molecule has 1 aromatic carbocycles. The molecule has 0 atom stereocenters. The number of carbonyl (C=O) groups is 1. The first-order chi connectivity index (χ1) is 11.3. The largest absolute Gasteiger partial charge is 0.377 e. The number of benzene rings is 1. The third-order valence-electron chi connectivity index (χ3n) is 4.44. The summed E-state index contributed by atoms with van der Waals surface area (Å²) in [6.07, 6.45) is 0. The van der Waals surface area contributed by atoms with Crippen LogP contribution in [-0.2, 0) is 11.8 Å². The Labute approximate surface area is 141 Å². The first-order valence-corrected chi connectivity index (χ1v) is 8.00. The van der Waals surface area contributed by atoms with Crippen molar-refractivity contribution in [2.24, 2.45) is 7.05 Å². The highest BCUT2D eigenvalue weighted by Crippen LogP contribution is 2.25. The molecule has 1 aromatic heterocycles. The summed E-state index contributed by atoms with van der Waals surface area (Å²) in [7, 11) is 1.79. The Morgan fingerprint density at radius 3 is 2.75 bits per heavy atom. The van der Waals surface area contributed by atoms with Crippen LogP contribution in [-0.4, -0.2) is 45.9 Å². The number of carbonyl (C=O) groups excluding carboxylic acids is 1. The Hall–Kier alpha value is -2.21. The van der Waals surface area contributed by atoms with E-state index < -0.39 is 0 Å². The van der Waals surface area contributed by atoms with Crippen molar-refractivity contribution in [3.63, 3.8) is 0 Å². The molecule has 2 aromatic rings. The number of ether oxygens (including phenoxy) is 1. The van der Waals surface area contributed by atoms with E-state index >= 15 is 0 Å². The van der Waals surface area contributed by atoms with Crippen LogP contribution in [0.15, 0.2) is 24.3 Å². The van der Waals surface area contributed by atoms with Crippen LogP contribution in [0.5, 0.6) is 0 Å². The molecule has 0 spiro atoms. The van der Waals surface area contributed by atoms with Crippen molar-refractivity contribution in [1.29, 1.82) is 0 Å². The number of aryl methyl sites for hydroxylation is 2. The lowest BCUT2D eigenvalue weighted by Gasteiger charge is -2.41. The maximum atomic E-state index is 13.5. The smallest absolute Gasteiger partial charge is 0.274 e. The number of morpholine rings is 1. The van der Waals surface area contributed by atoms with Gasteiger partial charge in [-0.15, -0.1) is 0 Å². The Morgan fingerprint density at radius 2 is 2.08 bits per heavy atom. The van der Waals surface area contributed by atoms with Crippen LogP contribution in [0.4, 0.5) is 4.39 Å². The second-order valence-electron chi connectivity index (χ2n) is 6.82. The molecule has 0 radical (unpaired) electrons. The summed E-state index contributed by atoms with van der Waals surface area (Å²) < 4.78 is 20.6. The van der Waals surface area contributed by atoms with Crippen molar-refractivity contribution in [3.05, 3.63) is 41.3 Å². The normalized spacial score (nSPS) is 17.1. The summed E-state index contributed by atoms with van der Waals surface area (Å²) in [5.74, 6) is -0.351. The Balaban J connectivity index is 1.93. The van der Waals surface area contributed by atoms with Crippen LogP contribution in [0.25, 0.3) is 11.3 Å². The molecule has 5 nitrogen and oxygen atoms in total. The summed E-state index contributed by atoms with van der Waals surface area (Å²) in [5.41, 5.74) is 2.22. The van der Waals surface area contributed by atoms with Gasteiger partial charge in [-0.2, -0.15) is 5.10 Å². The maximum absolute atomic E-state index is 13.5. The lowest BCUT2D eigenvalue weighted by molar-refractivity contribution is -0.0373. The van der Waals surface area contributed by atoms with Crippen LogP contribution >= 0.6 is 0 Å². The van der Waals surface area contributed by atoms with Gasteiger partial charge < -0.3 is 9.64 Å². The van der Waals surface area contributed by atoms with E-state index in [9.17, 15) is 9.18 Å². The zero-order valence-electron chi connectivity index (χ0n) is 14.5. The quantitative estimate of drug-likeness (QED) is 0.850. The second kappa shape index (κ2) is 6.02. The van der Waals surface area contributed by atoms with E-state index in [-0.39, 0.29) is 17.3 Å². The molecular formula is C18H22FN3O2. The summed E-state index contributed by atoms with van der Waals surface area (Å²) >= 11 is 0. The topological polar surface area (TPSA) is 47.4 Å². The Bertz CT molecular complexity index is 783. The predicted octanol–water partition coefficient (Wildman–Crippen LogP) is 2.79. The summed E-state index contributed by atoms with van der Waals surface area (Å²) in [5, 5.41) is 4.37. The van der Waals surface area contributed by atoms with Gasteiger partial charge in [-0.05, 0) is 50.6 Å². The minimum atomic E-state index is -0.362. The molecule has 0 unspecified atom stereocenters. The van der Waals surface area contributed by atoms with E-state index in [2.05, 4.69) is 5.10 Å². The van der Waals surface area contributed by atoms with Crippen LogP contribution in [0.1, 0.15) is 29.9 Å². The van der Waals surface area contributed by atoms with Crippen molar-refractivity contribution in [1.82, 2.24) is 14.7 Å². The summed E-state index contributed by atoms with van der Waals surface area (Å²) in [4.78, 5) is 14.7. The molecule has 24 heavy (non-hydrogen) atoms. The average molecular weight is 331 g/mol. The number of aromatic nitrogens is 2. The molecule has 1 aliphatic heterocycles. The average Bonchev–Trinajstić information content (AvgIpc) is 2.91. The van der Waals surface area contributed by atoms with Crippen molar-refractivity contribution >= 4 is 5.91 Å². The molecule has 1 amide bonds. The Kier molecular flexibility index (Phi) is 4.17. The fraction of sp³-hybridized carbons (Fsp3) is 0.444. The third kappa shape index (κ3) is 2.94. The molecule has 1 saturated heterocycles. The zero-order valence-corrected chi connectivity index (χ0v) is 14.5. The fourth-order valence-electron chi connectivity index (χ4n) is 3.02. The first kappa shape index (κ1) is 16.6. The van der Waals surface area contributed by atoms with Gasteiger partial charge in [0.05, 0.1) is 24.4 Å². The highest BCUT2D eigenvalue weighted by Gasteiger charge is 2.35. The Morgan fingerprint density at radius 1 is 1.33 bits per heavy atom. The van der Waals surface area contributed by atoms with Gasteiger partial charge in [0, 0.05) is 19.2 Å². The van der Waals surface area contributed by atoms with Crippen molar-refractivity contribution in [3.8, 4) is 11.3 Å². The van der Waals surface area contributed by atoms with E-state index in [1.54, 1.807) is 41.8 Å². The highest BCUT2D eigenvalue weighted by molar-refractivity contribution is 5.94. The van der Waals surface area contributed by atoms with Crippen molar-refractivity contribution in [2.75, 3.05) is 19.8 Å². The van der Waals surface area contributed by atoms with Gasteiger partial charge in [-0.25, -0.2) is 4.39 Å². The van der Waals surface area contributed by atoms with E-state index in [1.165, 1.54) is 6.07 Å². The van der Waals surface area contributed by atoms with Crippen molar-refractivity contribution in [2.45, 2.75) is 26.3 Å². The number of hydrogen-bond donors (Lipinski definition) is 0. The lowest BCUT2D eigenvalue weighted by Crippen LogP contribution is -2.55. The van der Waals surface area contributed by atoms with Gasteiger partial charge in [0.25, 0.3) is 5.91 Å². The molecular weight excluding hydrogens is 309 g/mol. The molecule has 3 rings (SSSR count). The van der Waals surface area contributed by atoms with Crippen LogP contribution < -0.4 is 0 Å². The molecule has 0 N–H and O–H groups in total. The number of hydrogen-bond acceptors (Lipinski definition) is 3. The number of nitrogens with zero attached hydrogens (tertiary/aromatic N) is 3. The minimum absolute atomic E-state index is 0.107. The van der Waals surface area contributed by atoms with Gasteiger partial charge in [0.15, 0.2) is 5.69 Å². The van der Waals surface area contributed by atoms with Gasteiger partial charge in [-0.1, -0.05) is 0 Å². The third-order valence-corrected chi connectivity index (χ3v) is 4.44. The van der Waals surface area contributed by atoms with Crippen LogP contribution in [0, 0.1) is 12.7 Å². The monoisotopic (exact) mass is 331 g/mol. The molecule has 0 aliphatic carbocycles. The molecule has 1 aliphatic rings. The summed E-state index contributed by atoms with van der Waals surface area (Å²) in [6.45, 7) is 7.28. The number of rotatable bonds is 2. The molecule has 2 heterocycles. The second-order valence-corrected chi connectivity index (χ2v) is 6.82. The number of amides is 1. The molecule has 6 heteroatoms. The van der Waals surface area contributed by atoms with Crippen molar-refractivity contribution < 1.29 is 13.9 Å². The van der Waals surface area contributed by atoms with E-state index in [0.29, 0.717) is 31.0 Å². The molecule has 0 bridgehead atoms. The fourth-order valence-corrected chi connectivity index (χ4v) is 3.02. The van der Waals surface area contributed by atoms with E-state index in [0.717, 1.165) is 11.3 Å². The SMILES string of the molecule is Cc1cc(-c2cc(C(=O)N3CCOCC3(C)C)nn2C)ccc1F. The predicted molar refractivity (Wildman–Crippen MR) is 89.3 cm³/mol. The lowest BCUT2D eigenvalue weighted by atomic mass is 10.0. The van der Waals surface area contributed by atoms with Gasteiger partial charge >= 0.3 is 0 Å². The minimum Gasteiger partial charge on any atom is -0.377 e.